The molecule has 1 spiro atoms. The van der Waals surface area contributed by atoms with Crippen molar-refractivity contribution in [3.63, 3.8) is 0 Å². The number of aryl methyl sites for hydroxylation is 1. The number of anilines is 2. The van der Waals surface area contributed by atoms with E-state index >= 15 is 0 Å². The summed E-state index contributed by atoms with van der Waals surface area (Å²) < 4.78 is 12.4. The van der Waals surface area contributed by atoms with Gasteiger partial charge < -0.3 is 15.5 Å². The first-order chi connectivity index (χ1) is 15.5. The van der Waals surface area contributed by atoms with Crippen LogP contribution >= 0.6 is 0 Å². The van der Waals surface area contributed by atoms with Crippen LogP contribution in [0.15, 0.2) is 29.4 Å². The lowest BCUT2D eigenvalue weighted by molar-refractivity contribution is -0.122. The summed E-state index contributed by atoms with van der Waals surface area (Å²) in [6.45, 7) is 1.99. The van der Waals surface area contributed by atoms with Crippen LogP contribution in [0.3, 0.4) is 0 Å². The number of aromatic nitrogens is 2. The Hall–Kier alpha value is -2.83. The van der Waals surface area contributed by atoms with Crippen LogP contribution in [0, 0.1) is 11.3 Å². The van der Waals surface area contributed by atoms with Gasteiger partial charge in [0, 0.05) is 38.4 Å². The van der Waals surface area contributed by atoms with Crippen LogP contribution in [0.4, 0.5) is 11.5 Å². The molecule has 32 heavy (non-hydrogen) atoms. The summed E-state index contributed by atoms with van der Waals surface area (Å²) in [5.74, 6) is 0.591. The van der Waals surface area contributed by atoms with Crippen molar-refractivity contribution >= 4 is 28.2 Å². The van der Waals surface area contributed by atoms with Gasteiger partial charge in [-0.1, -0.05) is 24.3 Å². The third-order valence-corrected chi connectivity index (χ3v) is 7.52. The van der Waals surface area contributed by atoms with Crippen molar-refractivity contribution in [2.24, 2.45) is 0 Å². The van der Waals surface area contributed by atoms with Crippen LogP contribution in [0.2, 0.25) is 0 Å². The molecule has 3 heterocycles. The number of piperazine rings is 1. The number of fused-ring (bicyclic) bond motifs is 3. The molecule has 1 aliphatic carbocycles. The van der Waals surface area contributed by atoms with E-state index < -0.39 is 16.2 Å². The molecule has 166 valence electrons. The second-order valence-electron chi connectivity index (χ2n) is 8.79. The molecule has 0 saturated carbocycles. The largest absolute Gasteiger partial charge is 0.352 e. The van der Waals surface area contributed by atoms with Gasteiger partial charge in [-0.15, -0.1) is 0 Å². The van der Waals surface area contributed by atoms with E-state index in [1.807, 2.05) is 12.1 Å². The smallest absolute Gasteiger partial charge is 0.235 e. The van der Waals surface area contributed by atoms with Crippen molar-refractivity contribution < 1.29 is 9.00 Å². The highest BCUT2D eigenvalue weighted by molar-refractivity contribution is 7.84. The minimum Gasteiger partial charge on any atom is -0.352 e. The van der Waals surface area contributed by atoms with E-state index in [0.717, 1.165) is 30.5 Å². The maximum absolute atomic E-state index is 13.6. The molecule has 3 aliphatic rings. The monoisotopic (exact) mass is 450 g/mol. The number of benzene rings is 1. The molecule has 1 aromatic carbocycles. The number of rotatable bonds is 3. The SMILES string of the molecule is CS(=O)c1nc2c(c(N3CCNC(CC#N)C3)n1)NC(=O)C1(CCCc3ccccc31)C2. The average Bonchev–Trinajstić information content (AvgIpc) is 2.80. The van der Waals surface area contributed by atoms with E-state index in [4.69, 9.17) is 5.26 Å². The first-order valence-corrected chi connectivity index (χ1v) is 12.6. The standard InChI is InChI=1S/C23H26N6O2S/c1-32(31)22-26-18-13-23(9-4-6-15-5-2-3-7-17(15)23)21(30)27-19(18)20(28-22)29-12-11-25-16(14-29)8-10-24/h2-3,5,7,16,25H,4,6,8-9,11-14H2,1H3,(H,27,30). The highest BCUT2D eigenvalue weighted by atomic mass is 32.2. The lowest BCUT2D eigenvalue weighted by atomic mass is 9.65. The number of nitrogens with zero attached hydrogens (tertiary/aromatic N) is 4. The maximum Gasteiger partial charge on any atom is 0.235 e. The van der Waals surface area contributed by atoms with E-state index in [0.29, 0.717) is 44.0 Å². The van der Waals surface area contributed by atoms with E-state index in [1.165, 1.54) is 5.56 Å². The number of nitriles is 1. The van der Waals surface area contributed by atoms with Crippen LogP contribution < -0.4 is 15.5 Å². The lowest BCUT2D eigenvalue weighted by Gasteiger charge is -2.42. The molecule has 1 aromatic heterocycles. The minimum atomic E-state index is -1.35. The highest BCUT2D eigenvalue weighted by Gasteiger charge is 2.48. The Morgan fingerprint density at radius 2 is 2.19 bits per heavy atom. The first kappa shape index (κ1) is 21.0. The van der Waals surface area contributed by atoms with Crippen LogP contribution in [-0.2, 0) is 33.9 Å². The zero-order valence-corrected chi connectivity index (χ0v) is 18.9. The van der Waals surface area contributed by atoms with Crippen LogP contribution in [0.25, 0.3) is 0 Å². The Kier molecular flexibility index (Phi) is 5.43. The van der Waals surface area contributed by atoms with Crippen LogP contribution in [0.5, 0.6) is 0 Å². The predicted octanol–water partition coefficient (Wildman–Crippen LogP) is 1.67. The second kappa shape index (κ2) is 8.26. The Labute approximate surface area is 189 Å². The molecule has 1 amide bonds. The van der Waals surface area contributed by atoms with Gasteiger partial charge in [-0.3, -0.25) is 9.00 Å². The molecule has 0 radical (unpaired) electrons. The summed E-state index contributed by atoms with van der Waals surface area (Å²) >= 11 is 0. The van der Waals surface area contributed by atoms with Gasteiger partial charge in [0.2, 0.25) is 11.1 Å². The van der Waals surface area contributed by atoms with Gasteiger partial charge in [0.15, 0.2) is 5.82 Å². The molecule has 2 N–H and O–H groups in total. The molecular weight excluding hydrogens is 424 g/mol. The van der Waals surface area contributed by atoms with Crippen molar-refractivity contribution in [2.45, 2.75) is 48.7 Å². The van der Waals surface area contributed by atoms with Gasteiger partial charge in [-0.25, -0.2) is 9.97 Å². The summed E-state index contributed by atoms with van der Waals surface area (Å²) in [7, 11) is -1.35. The summed E-state index contributed by atoms with van der Waals surface area (Å²) in [4.78, 5) is 25.0. The molecule has 2 aromatic rings. The molecule has 2 aliphatic heterocycles. The zero-order chi connectivity index (χ0) is 22.3. The van der Waals surface area contributed by atoms with Gasteiger partial charge in [0.1, 0.15) is 5.69 Å². The zero-order valence-electron chi connectivity index (χ0n) is 18.1. The Morgan fingerprint density at radius 1 is 1.34 bits per heavy atom. The number of nitrogens with one attached hydrogen (secondary N) is 2. The van der Waals surface area contributed by atoms with Gasteiger partial charge in [-0.05, 0) is 30.4 Å². The van der Waals surface area contributed by atoms with Gasteiger partial charge in [0.05, 0.1) is 34.4 Å². The Bertz CT molecular complexity index is 1150. The third kappa shape index (κ3) is 3.48. The van der Waals surface area contributed by atoms with Crippen molar-refractivity contribution in [3.8, 4) is 6.07 Å². The topological polar surface area (TPSA) is 111 Å². The molecule has 3 unspecified atom stereocenters. The van der Waals surface area contributed by atoms with Crippen molar-refractivity contribution in [3.05, 3.63) is 41.1 Å². The fourth-order valence-corrected chi connectivity index (χ4v) is 5.74. The number of hydrogen-bond acceptors (Lipinski definition) is 7. The van der Waals surface area contributed by atoms with E-state index in [9.17, 15) is 9.00 Å². The maximum atomic E-state index is 13.6. The molecular formula is C23H26N6O2S. The first-order valence-electron chi connectivity index (χ1n) is 11.0. The van der Waals surface area contributed by atoms with Gasteiger partial charge in [0.25, 0.3) is 0 Å². The molecule has 1 saturated heterocycles. The molecule has 9 heteroatoms. The highest BCUT2D eigenvalue weighted by Crippen LogP contribution is 2.46. The normalized spacial score (nSPS) is 25.4. The minimum absolute atomic E-state index is 0.0175. The van der Waals surface area contributed by atoms with Crippen LogP contribution in [0.1, 0.15) is 36.1 Å². The Balaban J connectivity index is 1.60. The third-order valence-electron chi connectivity index (χ3n) is 6.82. The van der Waals surface area contributed by atoms with E-state index in [2.05, 4.69) is 43.7 Å². The van der Waals surface area contributed by atoms with E-state index in [1.54, 1.807) is 6.26 Å². The predicted molar refractivity (Wildman–Crippen MR) is 122 cm³/mol. The van der Waals surface area contributed by atoms with Crippen molar-refractivity contribution in [1.82, 2.24) is 15.3 Å². The summed E-state index contributed by atoms with van der Waals surface area (Å²) in [6, 6.07) is 10.4. The molecule has 8 nitrogen and oxygen atoms in total. The quantitative estimate of drug-likeness (QED) is 0.685. The van der Waals surface area contributed by atoms with E-state index in [-0.39, 0.29) is 17.1 Å². The number of hydrogen-bond donors (Lipinski definition) is 2. The van der Waals surface area contributed by atoms with Crippen molar-refractivity contribution in [1.29, 1.82) is 5.26 Å². The summed E-state index contributed by atoms with van der Waals surface area (Å²) in [6.07, 6.45) is 5.11. The molecule has 3 atom stereocenters. The fraction of sp³-hybridized carbons (Fsp3) is 0.478. The Morgan fingerprint density at radius 3 is 3.00 bits per heavy atom. The van der Waals surface area contributed by atoms with Gasteiger partial charge >= 0.3 is 0 Å². The lowest BCUT2D eigenvalue weighted by Crippen LogP contribution is -2.52. The molecule has 0 bridgehead atoms. The van der Waals surface area contributed by atoms with Crippen LogP contribution in [-0.4, -0.2) is 52.0 Å². The van der Waals surface area contributed by atoms with Crippen molar-refractivity contribution in [2.75, 3.05) is 36.1 Å². The molecule has 5 rings (SSSR count). The molecule has 1 fully saturated rings. The summed E-state index contributed by atoms with van der Waals surface area (Å²) in [5, 5.41) is 15.9. The number of carbonyl (C=O) groups excluding carboxylic acids is 1. The average molecular weight is 451 g/mol. The fourth-order valence-electron chi connectivity index (χ4n) is 5.29. The second-order valence-corrected chi connectivity index (χ2v) is 10.1. The number of amides is 1. The summed E-state index contributed by atoms with van der Waals surface area (Å²) in [5.41, 5.74) is 2.99. The number of carbonyl (C=O) groups is 1. The van der Waals surface area contributed by atoms with Gasteiger partial charge in [-0.2, -0.15) is 5.26 Å².